The maximum absolute atomic E-state index is 6.27. The summed E-state index contributed by atoms with van der Waals surface area (Å²) in [5, 5.41) is 7.80. The molecule has 8 heteroatoms. The van der Waals surface area contributed by atoms with Crippen LogP contribution in [0.2, 0.25) is 10.0 Å². The first-order valence-electron chi connectivity index (χ1n) is 8.52. The summed E-state index contributed by atoms with van der Waals surface area (Å²) in [7, 11) is 3.35. The topological polar surface area (TPSA) is 67.8 Å². The van der Waals surface area contributed by atoms with Crippen LogP contribution in [-0.2, 0) is 11.3 Å². The SMILES string of the molecule is CN=C(NCc1ccc(OCCOC)nc1)NC(C)c1ccc(Cl)cc1Cl. The van der Waals surface area contributed by atoms with Gasteiger partial charge >= 0.3 is 0 Å². The summed E-state index contributed by atoms with van der Waals surface area (Å²) in [4.78, 5) is 8.52. The van der Waals surface area contributed by atoms with Crippen LogP contribution in [0.25, 0.3) is 0 Å². The molecule has 0 saturated heterocycles. The average Bonchev–Trinajstić information content (AvgIpc) is 2.66. The molecule has 0 fully saturated rings. The zero-order valence-electron chi connectivity index (χ0n) is 15.6. The van der Waals surface area contributed by atoms with E-state index in [-0.39, 0.29) is 6.04 Å². The van der Waals surface area contributed by atoms with E-state index in [9.17, 15) is 0 Å². The third-order valence-corrected chi connectivity index (χ3v) is 4.36. The summed E-state index contributed by atoms with van der Waals surface area (Å²) >= 11 is 12.2. The van der Waals surface area contributed by atoms with Gasteiger partial charge in [-0.1, -0.05) is 35.3 Å². The van der Waals surface area contributed by atoms with E-state index in [1.807, 2.05) is 31.2 Å². The van der Waals surface area contributed by atoms with Crippen LogP contribution in [0.4, 0.5) is 0 Å². The van der Waals surface area contributed by atoms with E-state index in [1.54, 1.807) is 26.4 Å². The third kappa shape index (κ3) is 6.90. The van der Waals surface area contributed by atoms with E-state index in [0.717, 1.165) is 11.1 Å². The van der Waals surface area contributed by atoms with Crippen LogP contribution >= 0.6 is 23.2 Å². The maximum atomic E-state index is 6.27. The second kappa shape index (κ2) is 11.0. The van der Waals surface area contributed by atoms with Gasteiger partial charge in [0.25, 0.3) is 0 Å². The summed E-state index contributed by atoms with van der Waals surface area (Å²) in [6, 6.07) is 9.21. The van der Waals surface area contributed by atoms with Crippen molar-refractivity contribution in [1.29, 1.82) is 0 Å². The number of nitrogens with zero attached hydrogens (tertiary/aromatic N) is 2. The molecule has 1 aromatic carbocycles. The number of guanidine groups is 1. The Morgan fingerprint density at radius 2 is 2.04 bits per heavy atom. The van der Waals surface area contributed by atoms with Crippen molar-refractivity contribution >= 4 is 29.2 Å². The van der Waals surface area contributed by atoms with Crippen molar-refractivity contribution in [2.45, 2.75) is 19.5 Å². The molecule has 6 nitrogen and oxygen atoms in total. The van der Waals surface area contributed by atoms with Crippen molar-refractivity contribution in [1.82, 2.24) is 15.6 Å². The highest BCUT2D eigenvalue weighted by Crippen LogP contribution is 2.25. The Hall–Kier alpha value is -2.02. The predicted octanol–water partition coefficient (Wildman–Crippen LogP) is 3.84. The lowest BCUT2D eigenvalue weighted by atomic mass is 10.1. The number of methoxy groups -OCH3 is 1. The van der Waals surface area contributed by atoms with Gasteiger partial charge in [0.15, 0.2) is 5.96 Å². The first-order chi connectivity index (χ1) is 13.0. The fourth-order valence-electron chi connectivity index (χ4n) is 2.35. The lowest BCUT2D eigenvalue weighted by molar-refractivity contribution is 0.143. The van der Waals surface area contributed by atoms with E-state index in [1.165, 1.54) is 0 Å². The van der Waals surface area contributed by atoms with Gasteiger partial charge in [0.2, 0.25) is 5.88 Å². The van der Waals surface area contributed by atoms with Crippen molar-refractivity contribution in [3.63, 3.8) is 0 Å². The number of pyridine rings is 1. The Balaban J connectivity index is 1.88. The molecule has 2 rings (SSSR count). The smallest absolute Gasteiger partial charge is 0.213 e. The minimum atomic E-state index is -0.0318. The number of hydrogen-bond donors (Lipinski definition) is 2. The van der Waals surface area contributed by atoms with Gasteiger partial charge in [-0.2, -0.15) is 0 Å². The quantitative estimate of drug-likeness (QED) is 0.393. The lowest BCUT2D eigenvalue weighted by Crippen LogP contribution is -2.38. The molecule has 1 unspecified atom stereocenters. The Bertz CT molecular complexity index is 754. The fourth-order valence-corrected chi connectivity index (χ4v) is 2.92. The molecule has 0 amide bonds. The monoisotopic (exact) mass is 410 g/mol. The Morgan fingerprint density at radius 1 is 1.22 bits per heavy atom. The van der Waals surface area contributed by atoms with Crippen LogP contribution in [0, 0.1) is 0 Å². The Morgan fingerprint density at radius 3 is 2.67 bits per heavy atom. The number of aromatic nitrogens is 1. The van der Waals surface area contributed by atoms with Crippen LogP contribution in [0.5, 0.6) is 5.88 Å². The minimum absolute atomic E-state index is 0.0318. The molecule has 146 valence electrons. The summed E-state index contributed by atoms with van der Waals surface area (Å²) < 4.78 is 10.4. The normalized spacial score (nSPS) is 12.6. The minimum Gasteiger partial charge on any atom is -0.475 e. The molecule has 2 aromatic rings. The molecule has 0 aliphatic rings. The number of hydrogen-bond acceptors (Lipinski definition) is 4. The number of nitrogens with one attached hydrogen (secondary N) is 2. The zero-order valence-corrected chi connectivity index (χ0v) is 17.1. The van der Waals surface area contributed by atoms with Crippen LogP contribution in [-0.4, -0.2) is 38.3 Å². The summed E-state index contributed by atoms with van der Waals surface area (Å²) in [6.07, 6.45) is 1.77. The number of ether oxygens (including phenoxy) is 2. The molecule has 2 N–H and O–H groups in total. The number of halogens is 2. The molecule has 1 aromatic heterocycles. The van der Waals surface area contributed by atoms with E-state index in [2.05, 4.69) is 20.6 Å². The molecule has 1 heterocycles. The summed E-state index contributed by atoms with van der Waals surface area (Å²) in [5.74, 6) is 1.23. The molecule has 0 spiro atoms. The fraction of sp³-hybridized carbons (Fsp3) is 0.368. The highest BCUT2D eigenvalue weighted by molar-refractivity contribution is 6.35. The summed E-state index contributed by atoms with van der Waals surface area (Å²) in [5.41, 5.74) is 1.96. The second-order valence-corrected chi connectivity index (χ2v) is 6.65. The number of rotatable bonds is 8. The predicted molar refractivity (Wildman–Crippen MR) is 110 cm³/mol. The van der Waals surface area contributed by atoms with Gasteiger partial charge in [-0.05, 0) is 30.2 Å². The summed E-state index contributed by atoms with van der Waals surface area (Å²) in [6.45, 7) is 3.59. The van der Waals surface area contributed by atoms with Crippen LogP contribution in [0.3, 0.4) is 0 Å². The highest BCUT2D eigenvalue weighted by Gasteiger charge is 2.12. The van der Waals surface area contributed by atoms with Gasteiger partial charge in [-0.15, -0.1) is 0 Å². The second-order valence-electron chi connectivity index (χ2n) is 5.80. The Labute approximate surface area is 169 Å². The van der Waals surface area contributed by atoms with Gasteiger partial charge < -0.3 is 20.1 Å². The van der Waals surface area contributed by atoms with Gasteiger partial charge in [0.05, 0.1) is 12.6 Å². The maximum Gasteiger partial charge on any atom is 0.213 e. The van der Waals surface area contributed by atoms with E-state index >= 15 is 0 Å². The van der Waals surface area contributed by atoms with Crippen LogP contribution in [0.1, 0.15) is 24.1 Å². The van der Waals surface area contributed by atoms with Gasteiger partial charge in [0, 0.05) is 43.0 Å². The molecular weight excluding hydrogens is 387 g/mol. The van der Waals surface area contributed by atoms with Gasteiger partial charge in [-0.3, -0.25) is 4.99 Å². The van der Waals surface area contributed by atoms with E-state index < -0.39 is 0 Å². The van der Waals surface area contributed by atoms with Crippen molar-refractivity contribution in [3.05, 3.63) is 57.7 Å². The largest absolute Gasteiger partial charge is 0.475 e. The average molecular weight is 411 g/mol. The first kappa shape index (κ1) is 21.3. The van der Waals surface area contributed by atoms with Crippen molar-refractivity contribution in [2.24, 2.45) is 4.99 Å². The van der Waals surface area contributed by atoms with E-state index in [4.69, 9.17) is 32.7 Å². The van der Waals surface area contributed by atoms with Crippen LogP contribution in [0.15, 0.2) is 41.5 Å². The highest BCUT2D eigenvalue weighted by atomic mass is 35.5. The molecular formula is C19H24Cl2N4O2. The number of benzene rings is 1. The molecule has 1 atom stereocenters. The zero-order chi connectivity index (χ0) is 19.6. The van der Waals surface area contributed by atoms with Crippen molar-refractivity contribution in [3.8, 4) is 5.88 Å². The molecule has 0 aliphatic heterocycles. The Kier molecular flexibility index (Phi) is 8.64. The third-order valence-electron chi connectivity index (χ3n) is 3.80. The van der Waals surface area contributed by atoms with Gasteiger partial charge in [0.1, 0.15) is 6.61 Å². The lowest BCUT2D eigenvalue weighted by Gasteiger charge is -2.19. The van der Waals surface area contributed by atoms with E-state index in [0.29, 0.717) is 41.6 Å². The molecule has 0 radical (unpaired) electrons. The van der Waals surface area contributed by atoms with Crippen molar-refractivity contribution in [2.75, 3.05) is 27.4 Å². The van der Waals surface area contributed by atoms with Gasteiger partial charge in [-0.25, -0.2) is 4.98 Å². The molecule has 0 bridgehead atoms. The van der Waals surface area contributed by atoms with Crippen molar-refractivity contribution < 1.29 is 9.47 Å². The molecule has 27 heavy (non-hydrogen) atoms. The standard InChI is InChI=1S/C19H24Cl2N4O2/c1-13(16-6-5-15(20)10-17(16)21)25-19(22-2)24-12-14-4-7-18(23-11-14)27-9-8-26-3/h4-7,10-11,13H,8-9,12H2,1-3H3,(H2,22,24,25). The molecule has 0 saturated carbocycles. The van der Waals surface area contributed by atoms with Crippen LogP contribution < -0.4 is 15.4 Å². The first-order valence-corrected chi connectivity index (χ1v) is 9.28. The number of aliphatic imine (C=N–C) groups is 1. The molecule has 0 aliphatic carbocycles.